The Bertz CT molecular complexity index is 1070. The summed E-state index contributed by atoms with van der Waals surface area (Å²) in [5.41, 5.74) is 2.07. The Labute approximate surface area is 200 Å². The topological polar surface area (TPSA) is 70.6 Å². The molecule has 2 aromatic carbocycles. The van der Waals surface area contributed by atoms with E-state index in [2.05, 4.69) is 4.98 Å². The number of likely N-dealkylation sites (tertiary alicyclic amines) is 1. The van der Waals surface area contributed by atoms with Crippen molar-refractivity contribution in [2.24, 2.45) is 11.8 Å². The van der Waals surface area contributed by atoms with Crippen molar-refractivity contribution in [2.45, 2.75) is 5.92 Å². The minimum Gasteiger partial charge on any atom is -0.348 e. The maximum absolute atomic E-state index is 13.8. The minimum absolute atomic E-state index is 0.0256. The molecule has 1 amide bonds. The average molecular weight is 456 g/mol. The lowest BCUT2D eigenvalue weighted by molar-refractivity contribution is -0.130. The Balaban J connectivity index is 1.78. The SMILES string of the molecule is CN(C)C(=O)CN1CC(C(=O)c2ccccc2)C(c2cccnc2)C(C(=O)c2ccccc2)C1. The molecule has 0 bridgehead atoms. The second kappa shape index (κ2) is 10.5. The van der Waals surface area contributed by atoms with Crippen molar-refractivity contribution in [1.29, 1.82) is 0 Å². The number of carbonyl (C=O) groups is 3. The fourth-order valence-corrected chi connectivity index (χ4v) is 4.76. The quantitative estimate of drug-likeness (QED) is 0.510. The molecule has 0 aliphatic carbocycles. The molecule has 0 radical (unpaired) electrons. The molecule has 6 nitrogen and oxygen atoms in total. The number of amides is 1. The van der Waals surface area contributed by atoms with Crippen LogP contribution in [0.1, 0.15) is 32.2 Å². The third-order valence-corrected chi connectivity index (χ3v) is 6.49. The molecule has 2 unspecified atom stereocenters. The average Bonchev–Trinajstić information content (AvgIpc) is 2.88. The van der Waals surface area contributed by atoms with E-state index in [0.717, 1.165) is 5.56 Å². The summed E-state index contributed by atoms with van der Waals surface area (Å²) in [6.45, 7) is 0.945. The van der Waals surface area contributed by atoms with Crippen molar-refractivity contribution in [1.82, 2.24) is 14.8 Å². The van der Waals surface area contributed by atoms with E-state index in [1.54, 1.807) is 50.8 Å². The van der Waals surface area contributed by atoms with Gasteiger partial charge >= 0.3 is 0 Å². The molecule has 1 aliphatic rings. The molecule has 0 N–H and O–H groups in total. The van der Waals surface area contributed by atoms with Crippen molar-refractivity contribution in [2.75, 3.05) is 33.7 Å². The molecular formula is C28H29N3O3. The molecule has 4 rings (SSSR count). The van der Waals surface area contributed by atoms with E-state index in [1.807, 2.05) is 53.4 Å². The highest BCUT2D eigenvalue weighted by molar-refractivity contribution is 6.02. The number of nitrogens with zero attached hydrogens (tertiary/aromatic N) is 3. The van der Waals surface area contributed by atoms with Crippen LogP contribution in [-0.4, -0.2) is 66.0 Å². The highest BCUT2D eigenvalue weighted by Gasteiger charge is 2.45. The minimum atomic E-state index is -0.493. The third kappa shape index (κ3) is 5.13. The Morgan fingerprint density at radius 2 is 1.35 bits per heavy atom. The molecular weight excluding hydrogens is 426 g/mol. The maximum atomic E-state index is 13.8. The number of ketones is 2. The van der Waals surface area contributed by atoms with Gasteiger partial charge in [0.15, 0.2) is 11.6 Å². The highest BCUT2D eigenvalue weighted by atomic mass is 16.2. The number of carbonyl (C=O) groups excluding carboxylic acids is 3. The first-order chi connectivity index (χ1) is 16.5. The molecule has 3 aromatic rings. The van der Waals surface area contributed by atoms with Crippen LogP contribution in [0.3, 0.4) is 0 Å². The molecule has 174 valence electrons. The second-order valence-corrected chi connectivity index (χ2v) is 8.97. The van der Waals surface area contributed by atoms with Crippen molar-refractivity contribution < 1.29 is 14.4 Å². The lowest BCUT2D eigenvalue weighted by Crippen LogP contribution is -2.52. The first kappa shape index (κ1) is 23.5. The number of Topliss-reactive ketones (excluding diaryl/α,β-unsaturated/α-hetero) is 2. The van der Waals surface area contributed by atoms with Gasteiger partial charge in [-0.2, -0.15) is 0 Å². The van der Waals surface area contributed by atoms with E-state index >= 15 is 0 Å². The number of hydrogen-bond donors (Lipinski definition) is 0. The number of hydrogen-bond acceptors (Lipinski definition) is 5. The van der Waals surface area contributed by atoms with Crippen LogP contribution in [0.15, 0.2) is 85.2 Å². The summed E-state index contributed by atoms with van der Waals surface area (Å²) in [5.74, 6) is -1.44. The predicted octanol–water partition coefficient (Wildman–Crippen LogP) is 3.57. The number of aromatic nitrogens is 1. The van der Waals surface area contributed by atoms with Crippen LogP contribution in [-0.2, 0) is 4.79 Å². The second-order valence-electron chi connectivity index (χ2n) is 8.97. The zero-order valence-electron chi connectivity index (χ0n) is 19.5. The van der Waals surface area contributed by atoms with Gasteiger partial charge in [-0.3, -0.25) is 24.3 Å². The molecule has 1 saturated heterocycles. The molecule has 0 saturated carbocycles. The number of piperidine rings is 1. The normalized spacial score (nSPS) is 20.5. The highest BCUT2D eigenvalue weighted by Crippen LogP contribution is 2.40. The van der Waals surface area contributed by atoms with Crippen LogP contribution in [0.2, 0.25) is 0 Å². The van der Waals surface area contributed by atoms with Gasteiger partial charge in [-0.25, -0.2) is 0 Å². The maximum Gasteiger partial charge on any atom is 0.236 e. The Kier molecular flexibility index (Phi) is 7.28. The summed E-state index contributed by atoms with van der Waals surface area (Å²) in [4.78, 5) is 47.9. The van der Waals surface area contributed by atoms with Gasteiger partial charge in [-0.15, -0.1) is 0 Å². The van der Waals surface area contributed by atoms with Crippen molar-refractivity contribution in [3.05, 3.63) is 102 Å². The number of rotatable bonds is 7. The predicted molar refractivity (Wildman–Crippen MR) is 131 cm³/mol. The Morgan fingerprint density at radius 3 is 1.79 bits per heavy atom. The fraction of sp³-hybridized carbons (Fsp3) is 0.286. The largest absolute Gasteiger partial charge is 0.348 e. The molecule has 1 aromatic heterocycles. The van der Waals surface area contributed by atoms with Crippen LogP contribution in [0, 0.1) is 11.8 Å². The molecule has 2 atom stereocenters. The number of pyridine rings is 1. The lowest BCUT2D eigenvalue weighted by Gasteiger charge is -2.43. The van der Waals surface area contributed by atoms with E-state index in [-0.39, 0.29) is 29.9 Å². The number of benzene rings is 2. The zero-order chi connectivity index (χ0) is 24.1. The van der Waals surface area contributed by atoms with Gasteiger partial charge in [0.1, 0.15) is 0 Å². The fourth-order valence-electron chi connectivity index (χ4n) is 4.76. The van der Waals surface area contributed by atoms with E-state index < -0.39 is 11.8 Å². The first-order valence-electron chi connectivity index (χ1n) is 11.5. The van der Waals surface area contributed by atoms with Crippen molar-refractivity contribution >= 4 is 17.5 Å². The molecule has 1 fully saturated rings. The summed E-state index contributed by atoms with van der Waals surface area (Å²) in [6, 6.07) is 22.1. The standard InChI is InChI=1S/C28H29N3O3/c1-30(2)25(32)19-31-17-23(27(33)20-10-5-3-6-11-20)26(22-14-9-15-29-16-22)24(18-31)28(34)21-12-7-4-8-13-21/h3-16,23-24,26H,17-19H2,1-2H3. The summed E-state index contributed by atoms with van der Waals surface area (Å²) in [5, 5.41) is 0. The van der Waals surface area contributed by atoms with Gasteiger partial charge in [-0.1, -0.05) is 66.7 Å². The molecule has 0 spiro atoms. The van der Waals surface area contributed by atoms with Gasteiger partial charge in [0.25, 0.3) is 0 Å². The van der Waals surface area contributed by atoms with E-state index in [9.17, 15) is 14.4 Å². The summed E-state index contributed by atoms with van der Waals surface area (Å²) in [6.07, 6.45) is 3.44. The van der Waals surface area contributed by atoms with E-state index in [1.165, 1.54) is 4.90 Å². The van der Waals surface area contributed by atoms with Crippen LogP contribution in [0.25, 0.3) is 0 Å². The van der Waals surface area contributed by atoms with Gasteiger partial charge in [-0.05, 0) is 11.6 Å². The zero-order valence-corrected chi connectivity index (χ0v) is 19.5. The summed E-state index contributed by atoms with van der Waals surface area (Å²) in [7, 11) is 3.42. The van der Waals surface area contributed by atoms with Crippen LogP contribution in [0.4, 0.5) is 0 Å². The first-order valence-corrected chi connectivity index (χ1v) is 11.5. The summed E-state index contributed by atoms with van der Waals surface area (Å²) >= 11 is 0. The lowest BCUT2D eigenvalue weighted by atomic mass is 9.69. The van der Waals surface area contributed by atoms with Gasteiger partial charge in [0.2, 0.25) is 5.91 Å². The Morgan fingerprint density at radius 1 is 0.824 bits per heavy atom. The van der Waals surface area contributed by atoms with Crippen LogP contribution >= 0.6 is 0 Å². The Hall–Kier alpha value is -3.64. The molecule has 2 heterocycles. The smallest absolute Gasteiger partial charge is 0.236 e. The van der Waals surface area contributed by atoms with Crippen molar-refractivity contribution in [3.8, 4) is 0 Å². The van der Waals surface area contributed by atoms with Gasteiger partial charge < -0.3 is 4.90 Å². The van der Waals surface area contributed by atoms with Gasteiger partial charge in [0.05, 0.1) is 6.54 Å². The summed E-state index contributed by atoms with van der Waals surface area (Å²) < 4.78 is 0. The number of likely N-dealkylation sites (N-methyl/N-ethyl adjacent to an activating group) is 1. The van der Waals surface area contributed by atoms with Gasteiger partial charge in [0, 0.05) is 68.5 Å². The van der Waals surface area contributed by atoms with E-state index in [4.69, 9.17) is 0 Å². The molecule has 6 heteroatoms. The van der Waals surface area contributed by atoms with E-state index in [0.29, 0.717) is 24.2 Å². The molecule has 1 aliphatic heterocycles. The van der Waals surface area contributed by atoms with Crippen molar-refractivity contribution in [3.63, 3.8) is 0 Å². The molecule has 34 heavy (non-hydrogen) atoms. The van der Waals surface area contributed by atoms with Crippen LogP contribution in [0.5, 0.6) is 0 Å². The third-order valence-electron chi connectivity index (χ3n) is 6.49. The van der Waals surface area contributed by atoms with Crippen LogP contribution < -0.4 is 0 Å². The monoisotopic (exact) mass is 455 g/mol.